The average Bonchev–Trinajstić information content (AvgIpc) is 2.59. The molecule has 0 heterocycles. The van der Waals surface area contributed by atoms with Gasteiger partial charge in [0, 0.05) is 18.8 Å². The lowest BCUT2D eigenvalue weighted by atomic mass is 9.93. The quantitative estimate of drug-likeness (QED) is 0.233. The number of benzene rings is 1. The van der Waals surface area contributed by atoms with E-state index in [9.17, 15) is 9.59 Å². The molecule has 0 aliphatic carbocycles. The maximum atomic E-state index is 11.8. The Labute approximate surface area is 196 Å². The van der Waals surface area contributed by atoms with Crippen molar-refractivity contribution in [2.45, 2.75) is 53.6 Å². The van der Waals surface area contributed by atoms with E-state index in [1.165, 1.54) is 0 Å². The van der Waals surface area contributed by atoms with Crippen LogP contribution in [-0.4, -0.2) is 43.2 Å². The van der Waals surface area contributed by atoms with E-state index in [0.717, 1.165) is 12.0 Å². The summed E-state index contributed by atoms with van der Waals surface area (Å²) in [6.45, 7) is 12.7. The van der Waals surface area contributed by atoms with Crippen molar-refractivity contribution in [2.75, 3.05) is 25.0 Å². The zero-order valence-electron chi connectivity index (χ0n) is 18.8. The molecule has 0 aliphatic rings. The second kappa shape index (κ2) is 12.6. The number of guanidine groups is 1. The van der Waals surface area contributed by atoms with Crippen LogP contribution in [0.5, 0.6) is 0 Å². The molecule has 0 saturated carbocycles. The third-order valence-electron chi connectivity index (χ3n) is 3.95. The lowest BCUT2D eigenvalue weighted by molar-refractivity contribution is -0.125. The zero-order valence-corrected chi connectivity index (χ0v) is 21.1. The Kier molecular flexibility index (Phi) is 11.8. The van der Waals surface area contributed by atoms with Gasteiger partial charge in [0.1, 0.15) is 5.60 Å². The van der Waals surface area contributed by atoms with E-state index in [4.69, 9.17) is 10.5 Å². The Morgan fingerprint density at radius 3 is 2.17 bits per heavy atom. The molecule has 1 aromatic rings. The molecule has 0 unspecified atom stereocenters. The molecule has 1 rings (SSSR count). The van der Waals surface area contributed by atoms with Gasteiger partial charge in [-0.2, -0.15) is 0 Å². The molecule has 9 heteroatoms. The number of hydrogen-bond acceptors (Lipinski definition) is 4. The van der Waals surface area contributed by atoms with Gasteiger partial charge in [-0.15, -0.1) is 24.0 Å². The largest absolute Gasteiger partial charge is 0.444 e. The molecule has 30 heavy (non-hydrogen) atoms. The molecule has 0 radical (unpaired) electrons. The molecule has 2 amide bonds. The number of carbonyl (C=O) groups is 2. The summed E-state index contributed by atoms with van der Waals surface area (Å²) in [6, 6.07) is 7.59. The Bertz CT molecular complexity index is 712. The average molecular weight is 533 g/mol. The van der Waals surface area contributed by atoms with E-state index in [1.807, 2.05) is 52.0 Å². The Hall–Kier alpha value is -2.04. The maximum absolute atomic E-state index is 11.8. The van der Waals surface area contributed by atoms with Crippen LogP contribution in [0.1, 0.15) is 47.1 Å². The highest BCUT2D eigenvalue weighted by Gasteiger charge is 2.24. The fourth-order valence-corrected chi connectivity index (χ4v) is 2.20. The van der Waals surface area contributed by atoms with Crippen LogP contribution in [-0.2, 0) is 16.0 Å². The van der Waals surface area contributed by atoms with Gasteiger partial charge in [-0.3, -0.25) is 15.1 Å². The first-order chi connectivity index (χ1) is 13.4. The lowest BCUT2D eigenvalue weighted by Crippen LogP contribution is -2.40. The summed E-state index contributed by atoms with van der Waals surface area (Å²) >= 11 is 0. The Morgan fingerprint density at radius 1 is 1.07 bits per heavy atom. The SMILES string of the molecule is CCNC(=NCC(C)(C)C(N)=O)NCCc1ccc(NC(=O)OC(C)(C)C)cc1.I. The van der Waals surface area contributed by atoms with Crippen LogP contribution < -0.4 is 21.7 Å². The van der Waals surface area contributed by atoms with Crippen molar-refractivity contribution in [2.24, 2.45) is 16.1 Å². The number of halogens is 1. The zero-order chi connectivity index (χ0) is 22.1. The Balaban J connectivity index is 0.00000841. The fraction of sp³-hybridized carbons (Fsp3) is 0.571. The predicted octanol–water partition coefficient (Wildman–Crippen LogP) is 3.26. The van der Waals surface area contributed by atoms with Crippen LogP contribution in [0.25, 0.3) is 0 Å². The van der Waals surface area contributed by atoms with Crippen molar-refractivity contribution in [1.82, 2.24) is 10.6 Å². The van der Waals surface area contributed by atoms with E-state index in [1.54, 1.807) is 13.8 Å². The van der Waals surface area contributed by atoms with Gasteiger partial charge in [-0.1, -0.05) is 12.1 Å². The number of amides is 2. The lowest BCUT2D eigenvalue weighted by Gasteiger charge is -2.19. The first-order valence-corrected chi connectivity index (χ1v) is 9.84. The number of ether oxygens (including phenoxy) is 1. The second-order valence-electron chi connectivity index (χ2n) is 8.44. The molecule has 0 bridgehead atoms. The van der Waals surface area contributed by atoms with Crippen molar-refractivity contribution < 1.29 is 14.3 Å². The van der Waals surface area contributed by atoms with Crippen LogP contribution in [0.2, 0.25) is 0 Å². The van der Waals surface area contributed by atoms with E-state index in [-0.39, 0.29) is 29.9 Å². The van der Waals surface area contributed by atoms with Crippen molar-refractivity contribution in [3.8, 4) is 0 Å². The molecule has 0 fully saturated rings. The third kappa shape index (κ3) is 11.2. The topological polar surface area (TPSA) is 118 Å². The maximum Gasteiger partial charge on any atom is 0.412 e. The van der Waals surface area contributed by atoms with Crippen LogP contribution in [0, 0.1) is 5.41 Å². The van der Waals surface area contributed by atoms with Crippen molar-refractivity contribution >= 4 is 47.6 Å². The number of aliphatic imine (C=N–C) groups is 1. The van der Waals surface area contributed by atoms with E-state index >= 15 is 0 Å². The minimum absolute atomic E-state index is 0. The number of primary amides is 1. The summed E-state index contributed by atoms with van der Waals surface area (Å²) in [5.41, 5.74) is 5.96. The smallest absolute Gasteiger partial charge is 0.412 e. The van der Waals surface area contributed by atoms with Gasteiger partial charge >= 0.3 is 6.09 Å². The van der Waals surface area contributed by atoms with Gasteiger partial charge in [-0.25, -0.2) is 4.79 Å². The van der Waals surface area contributed by atoms with E-state index in [0.29, 0.717) is 31.3 Å². The van der Waals surface area contributed by atoms with Crippen molar-refractivity contribution in [3.63, 3.8) is 0 Å². The molecule has 1 aromatic carbocycles. The van der Waals surface area contributed by atoms with Gasteiger partial charge in [0.15, 0.2) is 5.96 Å². The first kappa shape index (κ1) is 28.0. The van der Waals surface area contributed by atoms with Crippen LogP contribution in [0.4, 0.5) is 10.5 Å². The molecule has 8 nitrogen and oxygen atoms in total. The Morgan fingerprint density at radius 2 is 1.67 bits per heavy atom. The monoisotopic (exact) mass is 533 g/mol. The van der Waals surface area contributed by atoms with E-state index in [2.05, 4.69) is 20.9 Å². The highest BCUT2D eigenvalue weighted by Crippen LogP contribution is 2.14. The van der Waals surface area contributed by atoms with Crippen molar-refractivity contribution in [1.29, 1.82) is 0 Å². The summed E-state index contributed by atoms with van der Waals surface area (Å²) in [5.74, 6) is 0.266. The standard InChI is InChI=1S/C21H35N5O3.HI/c1-7-23-18(25-14-21(5,6)17(22)27)24-13-12-15-8-10-16(11-9-15)26-19(28)29-20(2,3)4;/h8-11H,7,12-14H2,1-6H3,(H2,22,27)(H,26,28)(H2,23,24,25);1H. The van der Waals surface area contributed by atoms with Crippen LogP contribution >= 0.6 is 24.0 Å². The summed E-state index contributed by atoms with van der Waals surface area (Å²) < 4.78 is 5.24. The summed E-state index contributed by atoms with van der Waals surface area (Å²) in [5, 5.41) is 9.12. The number of nitrogens with two attached hydrogens (primary N) is 1. The number of hydrogen-bond donors (Lipinski definition) is 4. The number of nitrogens with one attached hydrogen (secondary N) is 3. The van der Waals surface area contributed by atoms with Gasteiger partial charge in [-0.05, 0) is 65.7 Å². The molecule has 0 saturated heterocycles. The predicted molar refractivity (Wildman–Crippen MR) is 132 cm³/mol. The van der Waals surface area contributed by atoms with Crippen LogP contribution in [0.15, 0.2) is 29.3 Å². The molecule has 5 N–H and O–H groups in total. The molecule has 0 spiro atoms. The minimum atomic E-state index is -0.695. The highest BCUT2D eigenvalue weighted by molar-refractivity contribution is 14.0. The molecule has 170 valence electrons. The van der Waals surface area contributed by atoms with Crippen LogP contribution in [0.3, 0.4) is 0 Å². The normalized spacial score (nSPS) is 11.9. The minimum Gasteiger partial charge on any atom is -0.444 e. The number of rotatable bonds is 8. The van der Waals surface area contributed by atoms with Gasteiger partial charge < -0.3 is 21.1 Å². The summed E-state index contributed by atoms with van der Waals surface area (Å²) in [7, 11) is 0. The van der Waals surface area contributed by atoms with Gasteiger partial charge in [0.05, 0.1) is 12.0 Å². The molecule has 0 aliphatic heterocycles. The summed E-state index contributed by atoms with van der Waals surface area (Å²) in [6.07, 6.45) is 0.299. The number of nitrogens with zero attached hydrogens (tertiary/aromatic N) is 1. The molecule has 0 atom stereocenters. The summed E-state index contributed by atoms with van der Waals surface area (Å²) in [4.78, 5) is 27.7. The highest BCUT2D eigenvalue weighted by atomic mass is 127. The second-order valence-corrected chi connectivity index (χ2v) is 8.44. The van der Waals surface area contributed by atoms with Gasteiger partial charge in [0.2, 0.25) is 5.91 Å². The van der Waals surface area contributed by atoms with Crippen molar-refractivity contribution in [3.05, 3.63) is 29.8 Å². The fourth-order valence-electron chi connectivity index (χ4n) is 2.20. The first-order valence-electron chi connectivity index (χ1n) is 9.84. The van der Waals surface area contributed by atoms with E-state index < -0.39 is 17.1 Å². The number of anilines is 1. The molecular formula is C21H36IN5O3. The molecular weight excluding hydrogens is 497 g/mol. The van der Waals surface area contributed by atoms with Gasteiger partial charge in [0.25, 0.3) is 0 Å². The third-order valence-corrected chi connectivity index (χ3v) is 3.95. The number of carbonyl (C=O) groups excluding carboxylic acids is 2. The molecule has 0 aromatic heterocycles.